The van der Waals surface area contributed by atoms with Crippen molar-refractivity contribution in [1.82, 2.24) is 9.80 Å². The molecule has 5 nitrogen and oxygen atoms in total. The number of carbonyl (C=O) groups excluding carboxylic acids is 2. The maximum Gasteiger partial charge on any atom is 0.305 e. The smallest absolute Gasteiger partial charge is 0.305 e. The maximum atomic E-state index is 11.3. The summed E-state index contributed by atoms with van der Waals surface area (Å²) in [5, 5.41) is 0. The number of carbonyl (C=O) groups is 2. The van der Waals surface area contributed by atoms with Gasteiger partial charge in [-0.25, -0.2) is 0 Å². The minimum Gasteiger partial charge on any atom is -0.469 e. The number of methoxy groups -OCH3 is 1. The van der Waals surface area contributed by atoms with Crippen LogP contribution in [0.3, 0.4) is 0 Å². The Morgan fingerprint density at radius 2 is 2.10 bits per heavy atom. The third-order valence-corrected chi connectivity index (χ3v) is 3.92. The number of amides is 1. The molecule has 1 fully saturated rings. The molecule has 0 N–H and O–H groups in total. The van der Waals surface area contributed by atoms with Gasteiger partial charge in [0.25, 0.3) is 0 Å². The minimum absolute atomic E-state index is 0.196. The quantitative estimate of drug-likeness (QED) is 0.585. The van der Waals surface area contributed by atoms with E-state index in [9.17, 15) is 9.59 Å². The van der Waals surface area contributed by atoms with Crippen LogP contribution in [0.5, 0.6) is 0 Å². The fraction of sp³-hybridized carbons (Fsp3) is 0.500. The molecular weight excluding hydrogens is 268 g/mol. The molecule has 0 aromatic heterocycles. The molecule has 1 aliphatic heterocycles. The van der Waals surface area contributed by atoms with Crippen LogP contribution in [-0.4, -0.2) is 55.0 Å². The Hall–Kier alpha value is -1.88. The summed E-state index contributed by atoms with van der Waals surface area (Å²) < 4.78 is 4.71. The van der Waals surface area contributed by atoms with Crippen molar-refractivity contribution in [1.29, 1.82) is 0 Å². The van der Waals surface area contributed by atoms with E-state index in [2.05, 4.69) is 17.0 Å². The van der Waals surface area contributed by atoms with E-state index in [1.165, 1.54) is 12.7 Å². The van der Waals surface area contributed by atoms with Crippen molar-refractivity contribution in [2.24, 2.45) is 0 Å². The molecule has 1 aromatic carbocycles. The van der Waals surface area contributed by atoms with E-state index in [1.807, 2.05) is 18.2 Å². The molecule has 0 radical (unpaired) electrons. The molecule has 21 heavy (non-hydrogen) atoms. The van der Waals surface area contributed by atoms with Gasteiger partial charge in [0.2, 0.25) is 6.41 Å². The van der Waals surface area contributed by atoms with Crippen molar-refractivity contribution in [2.75, 3.05) is 26.7 Å². The van der Waals surface area contributed by atoms with Crippen LogP contribution in [0.1, 0.15) is 18.4 Å². The molecule has 1 atom stereocenters. The van der Waals surface area contributed by atoms with Crippen molar-refractivity contribution >= 4 is 12.4 Å². The van der Waals surface area contributed by atoms with Gasteiger partial charge < -0.3 is 9.64 Å². The predicted octanol–water partition coefficient (Wildman–Crippen LogP) is 1.28. The SMILES string of the molecule is COC(=O)CCC1CN(C=O)CCN1Cc1ccccc1. The third-order valence-electron chi connectivity index (χ3n) is 3.92. The minimum atomic E-state index is -0.196. The Balaban J connectivity index is 1.98. The number of ether oxygens (including phenoxy) is 1. The Kier molecular flexibility index (Phi) is 5.75. The first-order chi connectivity index (χ1) is 10.2. The van der Waals surface area contributed by atoms with Gasteiger partial charge in [-0.05, 0) is 12.0 Å². The lowest BCUT2D eigenvalue weighted by molar-refractivity contribution is -0.141. The maximum absolute atomic E-state index is 11.3. The molecule has 2 rings (SSSR count). The second-order valence-electron chi connectivity index (χ2n) is 5.33. The van der Waals surface area contributed by atoms with E-state index in [0.29, 0.717) is 19.4 Å². The molecule has 1 saturated heterocycles. The van der Waals surface area contributed by atoms with Crippen LogP contribution in [0.15, 0.2) is 30.3 Å². The lowest BCUT2D eigenvalue weighted by atomic mass is 10.0. The first kappa shape index (κ1) is 15.5. The fourth-order valence-electron chi connectivity index (χ4n) is 2.70. The van der Waals surface area contributed by atoms with E-state index in [1.54, 1.807) is 4.90 Å². The number of esters is 1. The Bertz CT molecular complexity index is 464. The highest BCUT2D eigenvalue weighted by Crippen LogP contribution is 2.17. The van der Waals surface area contributed by atoms with Crippen LogP contribution >= 0.6 is 0 Å². The molecule has 0 aliphatic carbocycles. The van der Waals surface area contributed by atoms with Crippen LogP contribution in [0.2, 0.25) is 0 Å². The van der Waals surface area contributed by atoms with Crippen molar-refractivity contribution < 1.29 is 14.3 Å². The Morgan fingerprint density at radius 3 is 2.76 bits per heavy atom. The van der Waals surface area contributed by atoms with Crippen molar-refractivity contribution in [3.8, 4) is 0 Å². The second kappa shape index (κ2) is 7.78. The highest BCUT2D eigenvalue weighted by atomic mass is 16.5. The van der Waals surface area contributed by atoms with Crippen molar-refractivity contribution in [3.05, 3.63) is 35.9 Å². The summed E-state index contributed by atoms with van der Waals surface area (Å²) in [5.74, 6) is -0.196. The topological polar surface area (TPSA) is 49.9 Å². The lowest BCUT2D eigenvalue weighted by Crippen LogP contribution is -2.52. The molecule has 114 valence electrons. The van der Waals surface area contributed by atoms with Gasteiger partial charge in [0.15, 0.2) is 0 Å². The Labute approximate surface area is 125 Å². The summed E-state index contributed by atoms with van der Waals surface area (Å²) >= 11 is 0. The van der Waals surface area contributed by atoms with Gasteiger partial charge >= 0.3 is 5.97 Å². The van der Waals surface area contributed by atoms with Crippen molar-refractivity contribution in [2.45, 2.75) is 25.4 Å². The zero-order valence-electron chi connectivity index (χ0n) is 12.4. The van der Waals surface area contributed by atoms with Gasteiger partial charge in [-0.1, -0.05) is 30.3 Å². The fourth-order valence-corrected chi connectivity index (χ4v) is 2.70. The highest BCUT2D eigenvalue weighted by Gasteiger charge is 2.26. The molecular formula is C16H22N2O3. The summed E-state index contributed by atoms with van der Waals surface area (Å²) in [5.41, 5.74) is 1.25. The summed E-state index contributed by atoms with van der Waals surface area (Å²) in [7, 11) is 1.41. The average Bonchev–Trinajstić information content (AvgIpc) is 2.54. The molecule has 1 heterocycles. The van der Waals surface area contributed by atoms with Gasteiger partial charge in [-0.15, -0.1) is 0 Å². The normalized spacial score (nSPS) is 19.3. The monoisotopic (exact) mass is 290 g/mol. The largest absolute Gasteiger partial charge is 0.469 e. The van der Waals surface area contributed by atoms with Gasteiger partial charge in [0.1, 0.15) is 0 Å². The van der Waals surface area contributed by atoms with Gasteiger partial charge in [-0.2, -0.15) is 0 Å². The molecule has 1 aliphatic rings. The summed E-state index contributed by atoms with van der Waals surface area (Å²) in [6.07, 6.45) is 1.99. The Morgan fingerprint density at radius 1 is 1.33 bits per heavy atom. The third kappa shape index (κ3) is 4.56. The number of hydrogen-bond acceptors (Lipinski definition) is 4. The number of rotatable bonds is 6. The predicted molar refractivity (Wildman–Crippen MR) is 79.5 cm³/mol. The molecule has 5 heteroatoms. The number of hydrogen-bond donors (Lipinski definition) is 0. The average molecular weight is 290 g/mol. The van der Waals surface area contributed by atoms with E-state index in [0.717, 1.165) is 26.0 Å². The first-order valence-electron chi connectivity index (χ1n) is 7.27. The van der Waals surface area contributed by atoms with Crippen LogP contribution in [0.25, 0.3) is 0 Å². The summed E-state index contributed by atoms with van der Waals surface area (Å²) in [4.78, 5) is 26.5. The molecule has 0 bridgehead atoms. The number of nitrogens with zero attached hydrogens (tertiary/aromatic N) is 2. The standard InChI is InChI=1S/C16H22N2O3/c1-21-16(20)8-7-15-12-17(13-19)9-10-18(15)11-14-5-3-2-4-6-14/h2-6,13,15H,7-12H2,1H3. The number of benzene rings is 1. The zero-order valence-corrected chi connectivity index (χ0v) is 12.4. The van der Waals surface area contributed by atoms with Gasteiger partial charge in [0, 0.05) is 38.6 Å². The zero-order chi connectivity index (χ0) is 15.1. The van der Waals surface area contributed by atoms with E-state index < -0.39 is 0 Å². The van der Waals surface area contributed by atoms with E-state index >= 15 is 0 Å². The van der Waals surface area contributed by atoms with Crippen LogP contribution < -0.4 is 0 Å². The summed E-state index contributed by atoms with van der Waals surface area (Å²) in [6.45, 7) is 3.09. The molecule has 1 aromatic rings. The van der Waals surface area contributed by atoms with Crippen LogP contribution in [0.4, 0.5) is 0 Å². The molecule has 0 saturated carbocycles. The van der Waals surface area contributed by atoms with E-state index in [-0.39, 0.29) is 12.0 Å². The summed E-state index contributed by atoms with van der Waals surface area (Å²) in [6, 6.07) is 10.5. The van der Waals surface area contributed by atoms with Crippen molar-refractivity contribution in [3.63, 3.8) is 0 Å². The first-order valence-corrected chi connectivity index (χ1v) is 7.27. The molecule has 1 unspecified atom stereocenters. The van der Waals surface area contributed by atoms with Crippen LogP contribution in [-0.2, 0) is 20.9 Å². The van der Waals surface area contributed by atoms with Crippen LogP contribution in [0, 0.1) is 0 Å². The molecule has 0 spiro atoms. The second-order valence-corrected chi connectivity index (χ2v) is 5.33. The van der Waals surface area contributed by atoms with Gasteiger partial charge in [0.05, 0.1) is 7.11 Å². The highest BCUT2D eigenvalue weighted by molar-refractivity contribution is 5.69. The molecule has 1 amide bonds. The van der Waals surface area contributed by atoms with E-state index in [4.69, 9.17) is 4.74 Å². The number of piperazine rings is 1. The lowest BCUT2D eigenvalue weighted by Gasteiger charge is -2.40. The van der Waals surface area contributed by atoms with Gasteiger partial charge in [-0.3, -0.25) is 14.5 Å².